The average molecular weight is 349 g/mol. The summed E-state index contributed by atoms with van der Waals surface area (Å²) in [5, 5.41) is 3.09. The predicted molar refractivity (Wildman–Crippen MR) is 101 cm³/mol. The summed E-state index contributed by atoms with van der Waals surface area (Å²) >= 11 is 0. The number of ether oxygens (including phenoxy) is 1. The molecular weight excluding hydrogens is 326 g/mol. The molecule has 4 rings (SSSR count). The van der Waals surface area contributed by atoms with E-state index in [-0.39, 0.29) is 17.9 Å². The number of carbonyl (C=O) groups is 1. The molecule has 134 valence electrons. The van der Waals surface area contributed by atoms with Crippen molar-refractivity contribution < 1.29 is 9.53 Å². The third-order valence-electron chi connectivity index (χ3n) is 4.88. The normalized spacial score (nSPS) is 16.3. The van der Waals surface area contributed by atoms with Gasteiger partial charge in [-0.1, -0.05) is 30.3 Å². The molecular formula is C21H23N3O2. The topological polar surface area (TPSA) is 56.2 Å². The van der Waals surface area contributed by atoms with Crippen LogP contribution in [0.4, 0.5) is 0 Å². The number of aromatic nitrogens is 2. The van der Waals surface area contributed by atoms with Crippen molar-refractivity contribution in [2.75, 3.05) is 6.61 Å². The molecule has 5 heteroatoms. The molecule has 26 heavy (non-hydrogen) atoms. The number of rotatable bonds is 4. The lowest BCUT2D eigenvalue weighted by atomic mass is 9.92. The molecule has 0 aliphatic carbocycles. The standard InChI is InChI=1S/C21H23N3O2/c1-14(2)24-18-9-5-4-8-17(18)23-20(24)13-22-21(25)16-11-12-26-19-10-6-3-7-15(16)19/h3-10,14,16H,11-13H2,1-2H3,(H,22,25)/t16-/m0/s1. The van der Waals surface area contributed by atoms with Gasteiger partial charge in [-0.25, -0.2) is 4.98 Å². The van der Waals surface area contributed by atoms with Gasteiger partial charge in [-0.15, -0.1) is 0 Å². The van der Waals surface area contributed by atoms with E-state index in [0.717, 1.165) is 28.2 Å². The first-order valence-electron chi connectivity index (χ1n) is 9.10. The lowest BCUT2D eigenvalue weighted by molar-refractivity contribution is -0.123. The smallest absolute Gasteiger partial charge is 0.228 e. The summed E-state index contributed by atoms with van der Waals surface area (Å²) in [6, 6.07) is 16.1. The van der Waals surface area contributed by atoms with Gasteiger partial charge in [0, 0.05) is 11.6 Å². The SMILES string of the molecule is CC(C)n1c(CNC(=O)[C@H]2CCOc3ccccc32)nc2ccccc21. The molecule has 0 unspecified atom stereocenters. The van der Waals surface area contributed by atoms with Crippen LogP contribution >= 0.6 is 0 Å². The third-order valence-corrected chi connectivity index (χ3v) is 4.88. The highest BCUT2D eigenvalue weighted by Crippen LogP contribution is 2.33. The second-order valence-corrected chi connectivity index (χ2v) is 6.93. The Morgan fingerprint density at radius 3 is 2.85 bits per heavy atom. The van der Waals surface area contributed by atoms with E-state index < -0.39 is 0 Å². The maximum atomic E-state index is 12.8. The monoisotopic (exact) mass is 349 g/mol. The Morgan fingerprint density at radius 1 is 1.23 bits per heavy atom. The Labute approximate surface area is 153 Å². The fourth-order valence-corrected chi connectivity index (χ4v) is 3.70. The Morgan fingerprint density at radius 2 is 2.00 bits per heavy atom. The van der Waals surface area contributed by atoms with E-state index in [9.17, 15) is 4.79 Å². The molecule has 0 saturated heterocycles. The summed E-state index contributed by atoms with van der Waals surface area (Å²) in [4.78, 5) is 17.5. The second kappa shape index (κ2) is 6.83. The molecule has 2 heterocycles. The molecule has 0 bridgehead atoms. The van der Waals surface area contributed by atoms with Crippen LogP contribution in [0.25, 0.3) is 11.0 Å². The third kappa shape index (κ3) is 2.94. The number of benzene rings is 2. The van der Waals surface area contributed by atoms with Crippen LogP contribution in [0.5, 0.6) is 5.75 Å². The lowest BCUT2D eigenvalue weighted by Crippen LogP contribution is -2.32. The van der Waals surface area contributed by atoms with Crippen molar-refractivity contribution >= 4 is 16.9 Å². The van der Waals surface area contributed by atoms with Crippen LogP contribution in [0.3, 0.4) is 0 Å². The predicted octanol–water partition coefficient (Wildman–Crippen LogP) is 3.80. The highest BCUT2D eigenvalue weighted by molar-refractivity contribution is 5.84. The summed E-state index contributed by atoms with van der Waals surface area (Å²) in [6.45, 7) is 5.26. The number of imidazole rings is 1. The average Bonchev–Trinajstić information content (AvgIpc) is 3.04. The minimum atomic E-state index is -0.170. The van der Waals surface area contributed by atoms with Crippen molar-refractivity contribution in [3.8, 4) is 5.75 Å². The van der Waals surface area contributed by atoms with Crippen LogP contribution in [0.1, 0.15) is 43.6 Å². The summed E-state index contributed by atoms with van der Waals surface area (Å²) in [6.07, 6.45) is 0.698. The van der Waals surface area contributed by atoms with Gasteiger partial charge in [0.15, 0.2) is 0 Å². The van der Waals surface area contributed by atoms with Crippen molar-refractivity contribution in [3.05, 3.63) is 59.9 Å². The molecule has 1 amide bonds. The number of hydrogen-bond donors (Lipinski definition) is 1. The first kappa shape index (κ1) is 16.6. The first-order valence-corrected chi connectivity index (χ1v) is 9.10. The van der Waals surface area contributed by atoms with E-state index in [1.807, 2.05) is 42.5 Å². The summed E-state index contributed by atoms with van der Waals surface area (Å²) in [7, 11) is 0. The molecule has 1 N–H and O–H groups in total. The molecule has 0 fully saturated rings. The summed E-state index contributed by atoms with van der Waals surface area (Å²) in [5.41, 5.74) is 3.03. The van der Waals surface area contributed by atoms with Gasteiger partial charge >= 0.3 is 0 Å². The van der Waals surface area contributed by atoms with Crippen LogP contribution in [-0.4, -0.2) is 22.1 Å². The zero-order valence-electron chi connectivity index (χ0n) is 15.1. The second-order valence-electron chi connectivity index (χ2n) is 6.93. The number of nitrogens with zero attached hydrogens (tertiary/aromatic N) is 2. The van der Waals surface area contributed by atoms with E-state index in [2.05, 4.69) is 29.8 Å². The van der Waals surface area contributed by atoms with Crippen LogP contribution < -0.4 is 10.1 Å². The fraction of sp³-hybridized carbons (Fsp3) is 0.333. The van der Waals surface area contributed by atoms with Gasteiger partial charge in [0.1, 0.15) is 11.6 Å². The maximum Gasteiger partial charge on any atom is 0.228 e. The molecule has 1 atom stereocenters. The highest BCUT2D eigenvalue weighted by Gasteiger charge is 2.27. The van der Waals surface area contributed by atoms with E-state index in [0.29, 0.717) is 19.6 Å². The lowest BCUT2D eigenvalue weighted by Gasteiger charge is -2.25. The molecule has 0 spiro atoms. The largest absolute Gasteiger partial charge is 0.493 e. The number of para-hydroxylation sites is 3. The van der Waals surface area contributed by atoms with Crippen molar-refractivity contribution in [2.45, 2.75) is 38.8 Å². The van der Waals surface area contributed by atoms with E-state index in [4.69, 9.17) is 9.72 Å². The van der Waals surface area contributed by atoms with Gasteiger partial charge in [0.2, 0.25) is 5.91 Å². The summed E-state index contributed by atoms with van der Waals surface area (Å²) in [5.74, 6) is 1.56. The van der Waals surface area contributed by atoms with Crippen LogP contribution in [0, 0.1) is 0 Å². The van der Waals surface area contributed by atoms with Crippen LogP contribution in [0.2, 0.25) is 0 Å². The number of carbonyl (C=O) groups excluding carboxylic acids is 1. The minimum absolute atomic E-state index is 0.0307. The minimum Gasteiger partial charge on any atom is -0.493 e. The van der Waals surface area contributed by atoms with Gasteiger partial charge in [-0.05, 0) is 38.5 Å². The van der Waals surface area contributed by atoms with Crippen LogP contribution in [0.15, 0.2) is 48.5 Å². The van der Waals surface area contributed by atoms with E-state index in [1.165, 1.54) is 0 Å². The fourth-order valence-electron chi connectivity index (χ4n) is 3.70. The molecule has 3 aromatic rings. The van der Waals surface area contributed by atoms with Gasteiger partial charge in [-0.2, -0.15) is 0 Å². The van der Waals surface area contributed by atoms with Crippen LogP contribution in [-0.2, 0) is 11.3 Å². The Kier molecular flexibility index (Phi) is 4.37. The van der Waals surface area contributed by atoms with Crippen molar-refractivity contribution in [3.63, 3.8) is 0 Å². The van der Waals surface area contributed by atoms with Gasteiger partial charge in [0.05, 0.1) is 30.1 Å². The molecule has 1 aliphatic rings. The number of hydrogen-bond acceptors (Lipinski definition) is 3. The van der Waals surface area contributed by atoms with Crippen molar-refractivity contribution in [1.29, 1.82) is 0 Å². The van der Waals surface area contributed by atoms with Gasteiger partial charge < -0.3 is 14.6 Å². The maximum absolute atomic E-state index is 12.8. The Balaban J connectivity index is 1.56. The van der Waals surface area contributed by atoms with E-state index >= 15 is 0 Å². The van der Waals surface area contributed by atoms with E-state index in [1.54, 1.807) is 0 Å². The zero-order valence-corrected chi connectivity index (χ0v) is 15.1. The number of fused-ring (bicyclic) bond motifs is 2. The zero-order chi connectivity index (χ0) is 18.1. The summed E-state index contributed by atoms with van der Waals surface area (Å²) < 4.78 is 7.85. The molecule has 1 aliphatic heterocycles. The van der Waals surface area contributed by atoms with Crippen molar-refractivity contribution in [1.82, 2.24) is 14.9 Å². The highest BCUT2D eigenvalue weighted by atomic mass is 16.5. The van der Waals surface area contributed by atoms with Gasteiger partial charge in [0.25, 0.3) is 0 Å². The molecule has 2 aromatic carbocycles. The molecule has 1 aromatic heterocycles. The molecule has 5 nitrogen and oxygen atoms in total. The molecule has 0 radical (unpaired) electrons. The number of nitrogens with one attached hydrogen (secondary N) is 1. The molecule has 0 saturated carbocycles. The first-order chi connectivity index (χ1) is 12.6. The Bertz CT molecular complexity index is 945. The van der Waals surface area contributed by atoms with Crippen molar-refractivity contribution in [2.24, 2.45) is 0 Å². The van der Waals surface area contributed by atoms with Gasteiger partial charge in [-0.3, -0.25) is 4.79 Å². The Hall–Kier alpha value is -2.82. The number of amides is 1. The quantitative estimate of drug-likeness (QED) is 0.779.